The number of halogens is 1. The predicted molar refractivity (Wildman–Crippen MR) is 225 cm³/mol. The highest BCUT2D eigenvalue weighted by Crippen LogP contribution is 2.57. The molecule has 0 atom stereocenters. The van der Waals surface area contributed by atoms with E-state index in [2.05, 4.69) is 36.7 Å². The van der Waals surface area contributed by atoms with E-state index in [0.717, 1.165) is 87.2 Å². The molecule has 1 amide bonds. The van der Waals surface area contributed by atoms with Crippen LogP contribution in [0.5, 0.6) is 11.5 Å². The van der Waals surface area contributed by atoms with Crippen molar-refractivity contribution in [2.24, 2.45) is 0 Å². The molecule has 3 aromatic rings. The number of hydrogen-bond donors (Lipinski definition) is 2. The molecule has 3 heterocycles. The van der Waals surface area contributed by atoms with Crippen molar-refractivity contribution in [3.63, 3.8) is 0 Å². The van der Waals surface area contributed by atoms with Crippen LogP contribution in [0.4, 0.5) is 11.4 Å². The summed E-state index contributed by atoms with van der Waals surface area (Å²) in [5, 5.41) is 12.3. The van der Waals surface area contributed by atoms with E-state index in [1.54, 1.807) is 46.6 Å². The molecule has 7 rings (SSSR count). The topological polar surface area (TPSA) is 123 Å². The first kappa shape index (κ1) is 44.7. The highest BCUT2D eigenvalue weighted by atomic mass is 35.5. The van der Waals surface area contributed by atoms with Crippen LogP contribution in [0.3, 0.4) is 0 Å². The van der Waals surface area contributed by atoms with Crippen molar-refractivity contribution in [1.29, 1.82) is 5.41 Å². The van der Waals surface area contributed by atoms with Gasteiger partial charge in [-0.3, -0.25) is 15.0 Å². The van der Waals surface area contributed by atoms with Crippen molar-refractivity contribution in [3.8, 4) is 11.5 Å². The lowest BCUT2D eigenvalue weighted by Gasteiger charge is -2.40. The fourth-order valence-corrected chi connectivity index (χ4v) is 7.31. The van der Waals surface area contributed by atoms with Gasteiger partial charge in [-0.25, -0.2) is 0 Å². The monoisotopic (exact) mass is 792 g/mol. The lowest BCUT2D eigenvalue weighted by Crippen LogP contribution is -2.40. The normalized spacial score (nSPS) is 15.3. The number of rotatable bonds is 15. The number of Topliss-reactive ketones (excluding diaryl/α,β-unsaturated/α-hetero) is 1. The SMILES string of the molecule is CC.COC.COC.N=C1C(=O)c2ccc(C(=O)NCCOCCOCCCCCCCl)cc2C12c1ccc(N3CCC3)cc1Oc1cc(N3CCC3)ccc12. The molecule has 56 heavy (non-hydrogen) atoms. The number of amides is 1. The number of carbonyl (C=O) groups excluding carboxylic acids is 2. The van der Waals surface area contributed by atoms with Gasteiger partial charge < -0.3 is 38.8 Å². The van der Waals surface area contributed by atoms with Crippen LogP contribution in [-0.2, 0) is 24.4 Å². The van der Waals surface area contributed by atoms with E-state index < -0.39 is 5.41 Å². The molecule has 0 unspecified atom stereocenters. The zero-order valence-corrected chi connectivity index (χ0v) is 34.9. The molecule has 11 nitrogen and oxygen atoms in total. The third-order valence-corrected chi connectivity index (χ3v) is 10.3. The molecule has 3 aliphatic heterocycles. The largest absolute Gasteiger partial charge is 0.457 e. The summed E-state index contributed by atoms with van der Waals surface area (Å²) in [6.07, 6.45) is 6.60. The molecule has 2 saturated heterocycles. The van der Waals surface area contributed by atoms with Gasteiger partial charge in [-0.1, -0.05) is 38.8 Å². The standard InChI is InChI=1S/C38H43ClN4O5.2C2H6O.C2H6/c39-13-3-1-2-4-19-46-21-22-47-20-14-41-37(45)26-7-10-29-32(23-26)38(36(40)35(29)44)30-11-8-27(42-15-5-16-42)24-33(30)48-34-25-28(9-12-31(34)38)43-17-6-18-43;2*1-3-2;1-2/h7-12,23-25,40H,1-6,13-22H2,(H,41,45);2*1-2H3;1-2H3. The molecule has 1 spiro atoms. The van der Waals surface area contributed by atoms with Crippen LogP contribution < -0.4 is 19.9 Å². The molecule has 0 bridgehead atoms. The zero-order chi connectivity index (χ0) is 40.5. The van der Waals surface area contributed by atoms with E-state index >= 15 is 0 Å². The first-order valence-corrected chi connectivity index (χ1v) is 20.4. The molecule has 0 saturated carbocycles. The second kappa shape index (κ2) is 22.7. The lowest BCUT2D eigenvalue weighted by molar-refractivity contribution is 0.0468. The van der Waals surface area contributed by atoms with Crippen molar-refractivity contribution >= 4 is 40.4 Å². The third kappa shape index (κ3) is 10.1. The van der Waals surface area contributed by atoms with Gasteiger partial charge in [0.25, 0.3) is 5.91 Å². The highest BCUT2D eigenvalue weighted by molar-refractivity contribution is 6.53. The summed E-state index contributed by atoms with van der Waals surface area (Å²) < 4.78 is 26.4. The van der Waals surface area contributed by atoms with Crippen molar-refractivity contribution < 1.29 is 33.3 Å². The lowest BCUT2D eigenvalue weighted by atomic mass is 9.67. The van der Waals surface area contributed by atoms with Gasteiger partial charge in [0.05, 0.1) is 30.9 Å². The van der Waals surface area contributed by atoms with Gasteiger partial charge in [0.15, 0.2) is 0 Å². The van der Waals surface area contributed by atoms with Crippen LogP contribution in [-0.4, -0.2) is 111 Å². The minimum absolute atomic E-state index is 0.0277. The van der Waals surface area contributed by atoms with E-state index in [1.807, 2.05) is 38.1 Å². The van der Waals surface area contributed by atoms with Crippen molar-refractivity contribution in [2.45, 2.75) is 57.8 Å². The van der Waals surface area contributed by atoms with Gasteiger partial charge in [0.1, 0.15) is 11.5 Å². The molecule has 2 fully saturated rings. The number of carbonyl (C=O) groups is 2. The predicted octanol–water partition coefficient (Wildman–Crippen LogP) is 7.88. The molecular formula is C44H61ClN4O7. The Morgan fingerprint density at radius 2 is 1.29 bits per heavy atom. The van der Waals surface area contributed by atoms with Crippen LogP contribution in [0.1, 0.15) is 89.8 Å². The molecule has 2 N–H and O–H groups in total. The van der Waals surface area contributed by atoms with Gasteiger partial charge in [-0.15, -0.1) is 11.6 Å². The Morgan fingerprint density at radius 1 is 0.750 bits per heavy atom. The van der Waals surface area contributed by atoms with Crippen molar-refractivity contribution in [3.05, 3.63) is 82.4 Å². The Balaban J connectivity index is 0.000000808. The maximum atomic E-state index is 13.8. The summed E-state index contributed by atoms with van der Waals surface area (Å²) in [5.41, 5.74) is 3.91. The maximum absolute atomic E-state index is 13.8. The first-order valence-electron chi connectivity index (χ1n) is 19.9. The number of alkyl halides is 1. The van der Waals surface area contributed by atoms with E-state index in [0.29, 0.717) is 67.0 Å². The highest BCUT2D eigenvalue weighted by Gasteiger charge is 2.56. The van der Waals surface area contributed by atoms with E-state index in [9.17, 15) is 15.0 Å². The van der Waals surface area contributed by atoms with Crippen LogP contribution in [0.2, 0.25) is 0 Å². The molecular weight excluding hydrogens is 732 g/mol. The Hall–Kier alpha value is -4.00. The fraction of sp³-hybridized carbons (Fsp3) is 0.523. The maximum Gasteiger partial charge on any atom is 0.251 e. The average molecular weight is 793 g/mol. The number of nitrogens with zero attached hydrogens (tertiary/aromatic N) is 2. The van der Waals surface area contributed by atoms with Crippen LogP contribution in [0, 0.1) is 5.41 Å². The molecule has 0 radical (unpaired) electrons. The number of methoxy groups -OCH3 is 2. The number of fused-ring (bicyclic) bond motifs is 6. The first-order chi connectivity index (χ1) is 27.3. The van der Waals surface area contributed by atoms with Crippen LogP contribution >= 0.6 is 11.6 Å². The number of anilines is 2. The second-order valence-electron chi connectivity index (χ2n) is 13.8. The number of benzene rings is 3. The second-order valence-corrected chi connectivity index (χ2v) is 14.1. The molecule has 3 aromatic carbocycles. The van der Waals surface area contributed by atoms with Gasteiger partial charge >= 0.3 is 0 Å². The summed E-state index contributed by atoms with van der Waals surface area (Å²) in [5.74, 6) is 1.39. The van der Waals surface area contributed by atoms with Crippen LogP contribution in [0.15, 0.2) is 54.6 Å². The number of unbranched alkanes of at least 4 members (excludes halogenated alkanes) is 3. The van der Waals surface area contributed by atoms with Gasteiger partial charge in [-0.05, 0) is 61.6 Å². The molecule has 12 heteroatoms. The Kier molecular flexibility index (Phi) is 18.1. The van der Waals surface area contributed by atoms with Crippen molar-refractivity contribution in [1.82, 2.24) is 5.32 Å². The number of ether oxygens (including phenoxy) is 5. The summed E-state index contributed by atoms with van der Waals surface area (Å²) in [4.78, 5) is 31.8. The summed E-state index contributed by atoms with van der Waals surface area (Å²) in [6.45, 7) is 10.3. The molecule has 306 valence electrons. The number of hydrogen-bond acceptors (Lipinski definition) is 10. The summed E-state index contributed by atoms with van der Waals surface area (Å²) >= 11 is 5.71. The number of ketones is 1. The summed E-state index contributed by atoms with van der Waals surface area (Å²) in [6, 6.07) is 17.3. The van der Waals surface area contributed by atoms with Gasteiger partial charge in [-0.2, -0.15) is 0 Å². The van der Waals surface area contributed by atoms with E-state index in [4.69, 9.17) is 25.8 Å². The fourth-order valence-electron chi connectivity index (χ4n) is 7.12. The summed E-state index contributed by atoms with van der Waals surface area (Å²) in [7, 11) is 6.50. The molecule has 1 aliphatic carbocycles. The zero-order valence-electron chi connectivity index (χ0n) is 34.1. The van der Waals surface area contributed by atoms with Gasteiger partial charge in [0.2, 0.25) is 5.78 Å². The van der Waals surface area contributed by atoms with Gasteiger partial charge in [0, 0.05) is 119 Å². The third-order valence-electron chi connectivity index (χ3n) is 10.0. The quantitative estimate of drug-likeness (QED) is 0.117. The Labute approximate surface area is 338 Å². The Morgan fingerprint density at radius 3 is 1.80 bits per heavy atom. The van der Waals surface area contributed by atoms with Crippen molar-refractivity contribution in [2.75, 3.05) is 103 Å². The smallest absolute Gasteiger partial charge is 0.251 e. The molecule has 4 aliphatic rings. The average Bonchev–Trinajstić information content (AvgIpc) is 3.37. The van der Waals surface area contributed by atoms with Crippen LogP contribution in [0.25, 0.3) is 0 Å². The van der Waals surface area contributed by atoms with E-state index in [1.165, 1.54) is 0 Å². The molecule has 0 aromatic heterocycles. The number of nitrogens with one attached hydrogen (secondary N) is 2. The van der Waals surface area contributed by atoms with E-state index in [-0.39, 0.29) is 17.4 Å². The Bertz CT molecular complexity index is 1680. The minimum atomic E-state index is -1.19. The minimum Gasteiger partial charge on any atom is -0.457 e.